The van der Waals surface area contributed by atoms with Crippen LogP contribution in [-0.4, -0.2) is 0 Å². The van der Waals surface area contributed by atoms with E-state index in [0.29, 0.717) is 0 Å². The van der Waals surface area contributed by atoms with E-state index in [4.69, 9.17) is 0 Å². The molecule has 40 heavy (non-hydrogen) atoms. The van der Waals surface area contributed by atoms with Crippen LogP contribution in [0.4, 0.5) is 0 Å². The molecule has 0 unspecified atom stereocenters. The maximum Gasteiger partial charge on any atom is -0.00139 e. The Kier molecular flexibility index (Phi) is 5.24. The summed E-state index contributed by atoms with van der Waals surface area (Å²) >= 11 is 0. The van der Waals surface area contributed by atoms with Gasteiger partial charge in [-0.1, -0.05) is 158 Å². The third-order valence-corrected chi connectivity index (χ3v) is 8.24. The number of benzene rings is 8. The first-order chi connectivity index (χ1) is 19.9. The molecule has 0 atom stereocenters. The minimum absolute atomic E-state index is 1.25. The Bertz CT molecular complexity index is 1910. The molecule has 0 bridgehead atoms. The predicted molar refractivity (Wildman–Crippen MR) is 173 cm³/mol. The van der Waals surface area contributed by atoms with Crippen molar-refractivity contribution in [3.8, 4) is 33.4 Å². The van der Waals surface area contributed by atoms with Gasteiger partial charge in [-0.05, 0) is 76.5 Å². The fraction of sp³-hybridized carbons (Fsp3) is 0. The lowest BCUT2D eigenvalue weighted by Crippen LogP contribution is -1.94. The molecule has 0 aliphatic rings. The maximum absolute atomic E-state index is 2.30. The predicted octanol–water partition coefficient (Wildman–Crippen LogP) is 11.3. The third-order valence-electron chi connectivity index (χ3n) is 8.24. The summed E-state index contributed by atoms with van der Waals surface area (Å²) in [6, 6.07) is 57.4. The van der Waals surface area contributed by atoms with Crippen molar-refractivity contribution in [2.75, 3.05) is 0 Å². The van der Waals surface area contributed by atoms with Crippen LogP contribution in [0.25, 0.3) is 76.5 Å². The van der Waals surface area contributed by atoms with Crippen LogP contribution < -0.4 is 0 Å². The molecule has 0 spiro atoms. The van der Waals surface area contributed by atoms with E-state index in [2.05, 4.69) is 158 Å². The van der Waals surface area contributed by atoms with Crippen LogP contribution in [0.15, 0.2) is 158 Å². The largest absolute Gasteiger partial charge is 0.0622 e. The monoisotopic (exact) mass is 506 g/mol. The normalized spacial score (nSPS) is 11.5. The second-order valence-electron chi connectivity index (χ2n) is 10.4. The van der Waals surface area contributed by atoms with Gasteiger partial charge in [0.25, 0.3) is 0 Å². The highest BCUT2D eigenvalue weighted by Gasteiger charge is 2.21. The molecule has 0 nitrogen and oxygen atoms in total. The topological polar surface area (TPSA) is 0 Å². The summed E-state index contributed by atoms with van der Waals surface area (Å²) in [4.78, 5) is 0. The highest BCUT2D eigenvalue weighted by Crippen LogP contribution is 2.49. The number of hydrogen-bond acceptors (Lipinski definition) is 0. The number of hydrogen-bond donors (Lipinski definition) is 0. The molecule has 0 saturated carbocycles. The SMILES string of the molecule is c1ccc(-c2c3ccccc3c(-c3c4ccccc4c(-c4ccccc4)c4ccccc34)c3ccccc23)cc1. The molecule has 0 aliphatic heterocycles. The Hall–Kier alpha value is -5.20. The average Bonchev–Trinajstić information content (AvgIpc) is 3.03. The van der Waals surface area contributed by atoms with E-state index in [9.17, 15) is 0 Å². The van der Waals surface area contributed by atoms with Gasteiger partial charge in [0.15, 0.2) is 0 Å². The Balaban J connectivity index is 1.62. The lowest BCUT2D eigenvalue weighted by Gasteiger charge is -2.22. The van der Waals surface area contributed by atoms with Crippen molar-refractivity contribution in [3.63, 3.8) is 0 Å². The summed E-state index contributed by atoms with van der Waals surface area (Å²) in [6.07, 6.45) is 0. The molecule has 8 aromatic carbocycles. The average molecular weight is 507 g/mol. The first kappa shape index (κ1) is 22.8. The lowest BCUT2D eigenvalue weighted by molar-refractivity contribution is 1.66. The molecule has 8 rings (SSSR count). The van der Waals surface area contributed by atoms with E-state index in [-0.39, 0.29) is 0 Å². The second-order valence-corrected chi connectivity index (χ2v) is 10.4. The van der Waals surface area contributed by atoms with Crippen LogP contribution in [-0.2, 0) is 0 Å². The highest BCUT2D eigenvalue weighted by molar-refractivity contribution is 6.29. The smallest absolute Gasteiger partial charge is 0.00139 e. The standard InChI is InChI=1S/C40H26/c1-3-15-27(16-4-1)37-29-19-7-11-23-33(29)39(34-24-12-8-20-30(34)37)40-35-25-13-9-21-31(35)38(28-17-5-2-6-18-28)32-22-10-14-26-36(32)40/h1-26H. The molecular formula is C40H26. The van der Waals surface area contributed by atoms with Gasteiger partial charge in [0, 0.05) is 0 Å². The Morgan fingerprint density at radius 2 is 0.375 bits per heavy atom. The third kappa shape index (κ3) is 3.40. The molecule has 0 saturated heterocycles. The van der Waals surface area contributed by atoms with Crippen LogP contribution in [0.1, 0.15) is 0 Å². The van der Waals surface area contributed by atoms with Gasteiger partial charge in [-0.15, -0.1) is 0 Å². The van der Waals surface area contributed by atoms with Crippen molar-refractivity contribution in [2.24, 2.45) is 0 Å². The van der Waals surface area contributed by atoms with E-state index in [1.807, 2.05) is 0 Å². The van der Waals surface area contributed by atoms with E-state index >= 15 is 0 Å². The van der Waals surface area contributed by atoms with Gasteiger partial charge in [0.2, 0.25) is 0 Å². The highest BCUT2D eigenvalue weighted by atomic mass is 14.2. The van der Waals surface area contributed by atoms with Gasteiger partial charge in [-0.3, -0.25) is 0 Å². The molecule has 0 aliphatic carbocycles. The number of rotatable bonds is 3. The van der Waals surface area contributed by atoms with Gasteiger partial charge in [0.05, 0.1) is 0 Å². The van der Waals surface area contributed by atoms with Gasteiger partial charge in [-0.2, -0.15) is 0 Å². The first-order valence-electron chi connectivity index (χ1n) is 13.9. The fourth-order valence-corrected chi connectivity index (χ4v) is 6.63. The molecule has 0 aromatic heterocycles. The Morgan fingerprint density at radius 3 is 0.625 bits per heavy atom. The fourth-order valence-electron chi connectivity index (χ4n) is 6.63. The zero-order chi connectivity index (χ0) is 26.5. The van der Waals surface area contributed by atoms with E-state index in [1.165, 1.54) is 76.5 Å². The van der Waals surface area contributed by atoms with Gasteiger partial charge < -0.3 is 0 Å². The quantitative estimate of drug-likeness (QED) is 0.209. The van der Waals surface area contributed by atoms with E-state index < -0.39 is 0 Å². The summed E-state index contributed by atoms with van der Waals surface area (Å²) < 4.78 is 0. The Morgan fingerprint density at radius 1 is 0.175 bits per heavy atom. The van der Waals surface area contributed by atoms with Crippen molar-refractivity contribution < 1.29 is 0 Å². The van der Waals surface area contributed by atoms with E-state index in [1.54, 1.807) is 0 Å². The summed E-state index contributed by atoms with van der Waals surface area (Å²) in [7, 11) is 0. The molecule has 0 fully saturated rings. The summed E-state index contributed by atoms with van der Waals surface area (Å²) in [5, 5.41) is 10.2. The zero-order valence-electron chi connectivity index (χ0n) is 22.0. The minimum atomic E-state index is 1.25. The lowest BCUT2D eigenvalue weighted by atomic mass is 9.81. The number of fused-ring (bicyclic) bond motifs is 4. The molecule has 8 aromatic rings. The molecule has 0 heterocycles. The summed E-state index contributed by atoms with van der Waals surface area (Å²) in [5.41, 5.74) is 7.69. The van der Waals surface area contributed by atoms with Crippen molar-refractivity contribution in [2.45, 2.75) is 0 Å². The van der Waals surface area contributed by atoms with Crippen molar-refractivity contribution in [3.05, 3.63) is 158 Å². The van der Waals surface area contributed by atoms with Crippen LogP contribution >= 0.6 is 0 Å². The van der Waals surface area contributed by atoms with Crippen LogP contribution in [0.2, 0.25) is 0 Å². The van der Waals surface area contributed by atoms with Crippen LogP contribution in [0.5, 0.6) is 0 Å². The molecule has 0 amide bonds. The molecule has 0 heteroatoms. The Labute approximate surface area is 233 Å². The molecule has 186 valence electrons. The zero-order valence-corrected chi connectivity index (χ0v) is 22.0. The van der Waals surface area contributed by atoms with Gasteiger partial charge in [0.1, 0.15) is 0 Å². The minimum Gasteiger partial charge on any atom is -0.0622 e. The molecule has 0 radical (unpaired) electrons. The second kappa shape index (κ2) is 9.22. The van der Waals surface area contributed by atoms with Crippen molar-refractivity contribution in [1.29, 1.82) is 0 Å². The summed E-state index contributed by atoms with van der Waals surface area (Å²) in [5.74, 6) is 0. The van der Waals surface area contributed by atoms with Crippen LogP contribution in [0.3, 0.4) is 0 Å². The van der Waals surface area contributed by atoms with Gasteiger partial charge >= 0.3 is 0 Å². The van der Waals surface area contributed by atoms with Crippen molar-refractivity contribution >= 4 is 43.1 Å². The first-order valence-corrected chi connectivity index (χ1v) is 13.9. The van der Waals surface area contributed by atoms with Gasteiger partial charge in [-0.25, -0.2) is 0 Å². The van der Waals surface area contributed by atoms with E-state index in [0.717, 1.165) is 0 Å². The van der Waals surface area contributed by atoms with Crippen molar-refractivity contribution in [1.82, 2.24) is 0 Å². The maximum atomic E-state index is 2.30. The summed E-state index contributed by atoms with van der Waals surface area (Å²) in [6.45, 7) is 0. The molecule has 0 N–H and O–H groups in total. The van der Waals surface area contributed by atoms with Crippen LogP contribution in [0, 0.1) is 0 Å². The molecular weight excluding hydrogens is 480 g/mol.